The van der Waals surface area contributed by atoms with Crippen LogP contribution < -0.4 is 5.48 Å². The zero-order chi connectivity index (χ0) is 16.2. The number of carbonyl (C=O) groups is 1. The summed E-state index contributed by atoms with van der Waals surface area (Å²) in [6, 6.07) is 8.51. The van der Waals surface area contributed by atoms with Crippen molar-refractivity contribution in [3.8, 4) is 0 Å². The molecule has 2 heterocycles. The van der Waals surface area contributed by atoms with E-state index < -0.39 is 5.91 Å². The molecule has 1 aliphatic heterocycles. The number of allylic oxidation sites excluding steroid dienone is 1. The third kappa shape index (κ3) is 3.63. The number of para-hydroxylation sites is 1. The largest absolute Gasteiger partial charge is 0.350 e. The Morgan fingerprint density at radius 3 is 2.83 bits per heavy atom. The molecular formula is C18H23N3O2. The van der Waals surface area contributed by atoms with Crippen LogP contribution in [-0.2, 0) is 18.4 Å². The van der Waals surface area contributed by atoms with Gasteiger partial charge in [-0.3, -0.25) is 14.9 Å². The Labute approximate surface area is 136 Å². The lowest BCUT2D eigenvalue weighted by molar-refractivity contribution is -0.124. The number of piperidine rings is 1. The number of nitrogens with zero attached hydrogens (tertiary/aromatic N) is 2. The van der Waals surface area contributed by atoms with E-state index in [0.717, 1.165) is 32.5 Å². The lowest BCUT2D eigenvalue weighted by Crippen LogP contribution is -2.32. The number of hydrogen-bond donors (Lipinski definition) is 2. The van der Waals surface area contributed by atoms with Gasteiger partial charge in [0.1, 0.15) is 0 Å². The smallest absolute Gasteiger partial charge is 0.267 e. The Balaban J connectivity index is 1.60. The number of carbonyl (C=O) groups excluding carboxylic acids is 1. The van der Waals surface area contributed by atoms with Gasteiger partial charge in [-0.05, 0) is 43.5 Å². The fourth-order valence-electron chi connectivity index (χ4n) is 3.36. The molecule has 1 saturated heterocycles. The first kappa shape index (κ1) is 15.8. The van der Waals surface area contributed by atoms with Crippen LogP contribution in [0.4, 0.5) is 0 Å². The first-order valence-corrected chi connectivity index (χ1v) is 8.05. The maximum absolute atomic E-state index is 11.0. The highest BCUT2D eigenvalue weighted by Gasteiger charge is 2.18. The first-order chi connectivity index (χ1) is 11.2. The van der Waals surface area contributed by atoms with E-state index in [-0.39, 0.29) is 0 Å². The predicted octanol–water partition coefficient (Wildman–Crippen LogP) is 2.45. The van der Waals surface area contributed by atoms with Crippen LogP contribution in [0.15, 0.2) is 42.6 Å². The topological polar surface area (TPSA) is 57.5 Å². The van der Waals surface area contributed by atoms with Gasteiger partial charge in [0.15, 0.2) is 0 Å². The molecule has 0 radical (unpaired) electrons. The SMILES string of the molecule is Cn1cc(CN2CCC(/C=C/C(=O)NO)CC2)c2ccccc21. The lowest BCUT2D eigenvalue weighted by Gasteiger charge is -2.30. The van der Waals surface area contributed by atoms with Gasteiger partial charge in [-0.25, -0.2) is 5.48 Å². The Kier molecular flexibility index (Phi) is 4.79. The maximum atomic E-state index is 11.0. The van der Waals surface area contributed by atoms with Crippen molar-refractivity contribution in [1.29, 1.82) is 0 Å². The van der Waals surface area contributed by atoms with E-state index in [1.807, 2.05) is 6.08 Å². The van der Waals surface area contributed by atoms with Crippen molar-refractivity contribution in [2.75, 3.05) is 13.1 Å². The molecule has 0 bridgehead atoms. The third-order valence-electron chi connectivity index (χ3n) is 4.64. The van der Waals surface area contributed by atoms with Gasteiger partial charge >= 0.3 is 0 Å². The number of amides is 1. The molecule has 2 N–H and O–H groups in total. The molecule has 0 aliphatic carbocycles. The van der Waals surface area contributed by atoms with Crippen LogP contribution in [0, 0.1) is 5.92 Å². The molecule has 0 atom stereocenters. The van der Waals surface area contributed by atoms with Crippen molar-refractivity contribution < 1.29 is 10.0 Å². The number of aromatic nitrogens is 1. The molecule has 3 rings (SSSR count). The highest BCUT2D eigenvalue weighted by atomic mass is 16.5. The van der Waals surface area contributed by atoms with Crippen molar-refractivity contribution >= 4 is 16.8 Å². The lowest BCUT2D eigenvalue weighted by atomic mass is 9.96. The van der Waals surface area contributed by atoms with E-state index in [0.29, 0.717) is 5.92 Å². The van der Waals surface area contributed by atoms with Crippen molar-refractivity contribution in [1.82, 2.24) is 14.9 Å². The molecule has 1 aromatic heterocycles. The van der Waals surface area contributed by atoms with Crippen LogP contribution in [-0.4, -0.2) is 33.7 Å². The summed E-state index contributed by atoms with van der Waals surface area (Å²) in [6.07, 6.45) is 7.63. The van der Waals surface area contributed by atoms with Gasteiger partial charge < -0.3 is 4.57 Å². The molecule has 0 spiro atoms. The van der Waals surface area contributed by atoms with Crippen LogP contribution in [0.3, 0.4) is 0 Å². The molecule has 1 aliphatic rings. The zero-order valence-electron chi connectivity index (χ0n) is 13.4. The minimum Gasteiger partial charge on any atom is -0.350 e. The fourth-order valence-corrected chi connectivity index (χ4v) is 3.36. The number of hydroxylamine groups is 1. The maximum Gasteiger partial charge on any atom is 0.267 e. The summed E-state index contributed by atoms with van der Waals surface area (Å²) in [5.74, 6) is -0.0424. The van der Waals surface area contributed by atoms with Gasteiger partial charge in [0.05, 0.1) is 0 Å². The minimum atomic E-state index is -0.455. The number of hydrogen-bond acceptors (Lipinski definition) is 3. The van der Waals surface area contributed by atoms with Gasteiger partial charge in [-0.2, -0.15) is 0 Å². The fraction of sp³-hybridized carbons (Fsp3) is 0.389. The van der Waals surface area contributed by atoms with Gasteiger partial charge in [0.2, 0.25) is 0 Å². The van der Waals surface area contributed by atoms with E-state index in [1.165, 1.54) is 22.5 Å². The predicted molar refractivity (Wildman–Crippen MR) is 90.0 cm³/mol. The second kappa shape index (κ2) is 6.98. The molecule has 1 amide bonds. The number of likely N-dealkylation sites (tertiary alicyclic amines) is 1. The Morgan fingerprint density at radius 2 is 2.09 bits per heavy atom. The monoisotopic (exact) mass is 313 g/mol. The Morgan fingerprint density at radius 1 is 1.35 bits per heavy atom. The van der Waals surface area contributed by atoms with E-state index in [2.05, 4.69) is 47.0 Å². The molecule has 1 fully saturated rings. The van der Waals surface area contributed by atoms with Crippen molar-refractivity contribution in [3.63, 3.8) is 0 Å². The summed E-state index contributed by atoms with van der Waals surface area (Å²) in [4.78, 5) is 13.5. The summed E-state index contributed by atoms with van der Waals surface area (Å²) < 4.78 is 2.19. The van der Waals surface area contributed by atoms with E-state index in [4.69, 9.17) is 5.21 Å². The number of fused-ring (bicyclic) bond motifs is 1. The second-order valence-electron chi connectivity index (χ2n) is 6.23. The highest BCUT2D eigenvalue weighted by molar-refractivity contribution is 5.86. The van der Waals surface area contributed by atoms with E-state index in [9.17, 15) is 4.79 Å². The number of rotatable bonds is 4. The van der Waals surface area contributed by atoms with Crippen LogP contribution in [0.5, 0.6) is 0 Å². The van der Waals surface area contributed by atoms with E-state index in [1.54, 1.807) is 5.48 Å². The number of aryl methyl sites for hydroxylation is 1. The number of benzene rings is 1. The van der Waals surface area contributed by atoms with Crippen LogP contribution in [0.2, 0.25) is 0 Å². The van der Waals surface area contributed by atoms with Gasteiger partial charge in [-0.1, -0.05) is 24.3 Å². The summed E-state index contributed by atoms with van der Waals surface area (Å²) in [6.45, 7) is 3.02. The average Bonchev–Trinajstić information content (AvgIpc) is 2.90. The second-order valence-corrected chi connectivity index (χ2v) is 6.23. The summed E-state index contributed by atoms with van der Waals surface area (Å²) in [5.41, 5.74) is 4.27. The number of nitrogens with one attached hydrogen (secondary N) is 1. The van der Waals surface area contributed by atoms with Crippen molar-refractivity contribution in [2.24, 2.45) is 13.0 Å². The molecule has 0 saturated carbocycles. The summed E-state index contributed by atoms with van der Waals surface area (Å²) >= 11 is 0. The zero-order valence-corrected chi connectivity index (χ0v) is 13.4. The van der Waals surface area contributed by atoms with Crippen molar-refractivity contribution in [2.45, 2.75) is 19.4 Å². The Hall–Kier alpha value is -2.11. The molecule has 2 aromatic rings. The molecule has 122 valence electrons. The minimum absolute atomic E-state index is 0.413. The highest BCUT2D eigenvalue weighted by Crippen LogP contribution is 2.24. The van der Waals surface area contributed by atoms with Gasteiger partial charge in [0.25, 0.3) is 5.91 Å². The average molecular weight is 313 g/mol. The van der Waals surface area contributed by atoms with E-state index >= 15 is 0 Å². The quantitative estimate of drug-likeness (QED) is 0.518. The molecule has 5 heteroatoms. The Bertz CT molecular complexity index is 712. The molecule has 1 aromatic carbocycles. The first-order valence-electron chi connectivity index (χ1n) is 8.05. The standard InChI is InChI=1S/C18H23N3O2/c1-20-12-15(16-4-2-3-5-17(16)20)13-21-10-8-14(9-11-21)6-7-18(22)19-23/h2-7,12,14,23H,8-11,13H2,1H3,(H,19,22)/b7-6+. The molecule has 23 heavy (non-hydrogen) atoms. The molecule has 5 nitrogen and oxygen atoms in total. The van der Waals surface area contributed by atoms with Crippen LogP contribution in [0.1, 0.15) is 18.4 Å². The van der Waals surface area contributed by atoms with Crippen LogP contribution >= 0.6 is 0 Å². The van der Waals surface area contributed by atoms with Crippen LogP contribution in [0.25, 0.3) is 10.9 Å². The molecular weight excluding hydrogens is 290 g/mol. The molecule has 0 unspecified atom stereocenters. The summed E-state index contributed by atoms with van der Waals surface area (Å²) in [7, 11) is 2.09. The summed E-state index contributed by atoms with van der Waals surface area (Å²) in [5, 5.41) is 9.83. The van der Waals surface area contributed by atoms with Gasteiger partial charge in [0, 0.05) is 36.8 Å². The van der Waals surface area contributed by atoms with Gasteiger partial charge in [-0.15, -0.1) is 0 Å². The normalized spacial score (nSPS) is 17.1. The van der Waals surface area contributed by atoms with Crippen molar-refractivity contribution in [3.05, 3.63) is 48.2 Å². The third-order valence-corrected chi connectivity index (χ3v) is 4.64.